The first-order valence-corrected chi connectivity index (χ1v) is 6.73. The normalized spacial score (nSPS) is 18.5. The maximum Gasteiger partial charge on any atom is 0.141 e. The van der Waals surface area contributed by atoms with E-state index >= 15 is 0 Å². The minimum atomic E-state index is -0.349. The minimum Gasteiger partial charge on any atom is -0.310 e. The second-order valence-corrected chi connectivity index (χ2v) is 5.36. The Balaban J connectivity index is 1.89. The van der Waals surface area contributed by atoms with Crippen molar-refractivity contribution < 1.29 is 4.39 Å². The smallest absolute Gasteiger partial charge is 0.141 e. The second-order valence-electron chi connectivity index (χ2n) is 4.95. The van der Waals surface area contributed by atoms with Crippen LogP contribution < -0.4 is 5.32 Å². The topological polar surface area (TPSA) is 12.0 Å². The van der Waals surface area contributed by atoms with E-state index in [4.69, 9.17) is 11.6 Å². The van der Waals surface area contributed by atoms with Crippen LogP contribution in [0.1, 0.15) is 44.2 Å². The van der Waals surface area contributed by atoms with E-state index in [2.05, 4.69) is 12.2 Å². The van der Waals surface area contributed by atoms with Crippen LogP contribution >= 0.6 is 11.6 Å². The Bertz CT molecular complexity index is 374. The highest BCUT2D eigenvalue weighted by Crippen LogP contribution is 2.25. The summed E-state index contributed by atoms with van der Waals surface area (Å²) in [4.78, 5) is 0. The summed E-state index contributed by atoms with van der Waals surface area (Å²) in [5.41, 5.74) is 1.05. The highest BCUT2D eigenvalue weighted by Gasteiger charge is 2.16. The van der Waals surface area contributed by atoms with Crippen LogP contribution in [0.5, 0.6) is 0 Å². The van der Waals surface area contributed by atoms with E-state index in [1.165, 1.54) is 31.7 Å². The van der Waals surface area contributed by atoms with Gasteiger partial charge in [0.25, 0.3) is 0 Å². The molecule has 0 heterocycles. The zero-order chi connectivity index (χ0) is 12.3. The summed E-state index contributed by atoms with van der Waals surface area (Å²) in [7, 11) is 0. The molecule has 1 fully saturated rings. The number of benzene rings is 1. The molecule has 3 heteroatoms. The van der Waals surface area contributed by atoms with E-state index < -0.39 is 0 Å². The molecule has 0 aromatic heterocycles. The molecular weight excluding hydrogens is 237 g/mol. The molecule has 0 spiro atoms. The summed E-state index contributed by atoms with van der Waals surface area (Å²) in [5, 5.41) is 3.71. The molecule has 0 radical (unpaired) electrons. The van der Waals surface area contributed by atoms with Crippen LogP contribution in [0.3, 0.4) is 0 Å². The van der Waals surface area contributed by atoms with Crippen LogP contribution in [0.15, 0.2) is 18.2 Å². The van der Waals surface area contributed by atoms with Crippen LogP contribution in [-0.4, -0.2) is 6.54 Å². The van der Waals surface area contributed by atoms with Gasteiger partial charge in [-0.25, -0.2) is 4.39 Å². The van der Waals surface area contributed by atoms with Crippen molar-refractivity contribution in [2.45, 2.75) is 38.6 Å². The predicted molar refractivity (Wildman–Crippen MR) is 69.8 cm³/mol. The Hall–Kier alpha value is -0.600. The van der Waals surface area contributed by atoms with E-state index in [1.54, 1.807) is 12.1 Å². The second kappa shape index (κ2) is 5.83. The fourth-order valence-electron chi connectivity index (χ4n) is 2.46. The van der Waals surface area contributed by atoms with Crippen LogP contribution in [0.4, 0.5) is 4.39 Å². The van der Waals surface area contributed by atoms with Gasteiger partial charge in [0.1, 0.15) is 5.82 Å². The minimum absolute atomic E-state index is 0.206. The fourth-order valence-corrected chi connectivity index (χ4v) is 2.65. The molecule has 2 rings (SSSR count). The highest BCUT2D eigenvalue weighted by molar-refractivity contribution is 6.30. The van der Waals surface area contributed by atoms with Crippen LogP contribution in [0, 0.1) is 11.7 Å². The van der Waals surface area contributed by atoms with Gasteiger partial charge in [0.2, 0.25) is 0 Å². The van der Waals surface area contributed by atoms with E-state index in [0.717, 1.165) is 18.0 Å². The lowest BCUT2D eigenvalue weighted by molar-refractivity contribution is 0.452. The summed E-state index contributed by atoms with van der Waals surface area (Å²) in [6.45, 7) is 3.15. The Morgan fingerprint density at radius 1 is 1.41 bits per heavy atom. The zero-order valence-corrected chi connectivity index (χ0v) is 10.9. The molecule has 94 valence electrons. The van der Waals surface area contributed by atoms with Gasteiger partial charge in [-0.1, -0.05) is 30.5 Å². The van der Waals surface area contributed by atoms with Crippen molar-refractivity contribution in [3.05, 3.63) is 34.6 Å². The van der Waals surface area contributed by atoms with Gasteiger partial charge >= 0.3 is 0 Å². The maximum atomic E-state index is 13.0. The standard InChI is InChI=1S/C14H19ClFN/c1-10(17-9-11-4-2-3-5-11)12-6-7-14(16)13(15)8-12/h6-8,10-11,17H,2-5,9H2,1H3. The summed E-state index contributed by atoms with van der Waals surface area (Å²) >= 11 is 5.78. The van der Waals surface area contributed by atoms with Gasteiger partial charge in [-0.2, -0.15) is 0 Å². The number of halogens is 2. The Morgan fingerprint density at radius 3 is 2.76 bits per heavy atom. The third-order valence-corrected chi connectivity index (χ3v) is 3.92. The average Bonchev–Trinajstić information content (AvgIpc) is 2.82. The monoisotopic (exact) mass is 255 g/mol. The Kier molecular flexibility index (Phi) is 4.41. The Labute approximate surface area is 107 Å². The first kappa shape index (κ1) is 12.8. The van der Waals surface area contributed by atoms with Crippen molar-refractivity contribution >= 4 is 11.6 Å². The lowest BCUT2D eigenvalue weighted by Gasteiger charge is -2.17. The van der Waals surface area contributed by atoms with Gasteiger partial charge in [0, 0.05) is 6.04 Å². The molecule has 0 saturated heterocycles. The summed E-state index contributed by atoms with van der Waals surface area (Å²) in [6.07, 6.45) is 5.40. The molecule has 0 aliphatic heterocycles. The quantitative estimate of drug-likeness (QED) is 0.845. The molecular formula is C14H19ClFN. The average molecular weight is 256 g/mol. The van der Waals surface area contributed by atoms with Crippen LogP contribution in [0.2, 0.25) is 5.02 Å². The van der Waals surface area contributed by atoms with Crippen molar-refractivity contribution in [2.24, 2.45) is 5.92 Å². The lowest BCUT2D eigenvalue weighted by atomic mass is 10.1. The van der Waals surface area contributed by atoms with Gasteiger partial charge in [-0.05, 0) is 49.9 Å². The molecule has 0 amide bonds. The molecule has 1 aliphatic carbocycles. The molecule has 1 aliphatic rings. The van der Waals surface area contributed by atoms with Crippen molar-refractivity contribution in [3.8, 4) is 0 Å². The van der Waals surface area contributed by atoms with Gasteiger partial charge in [-0.3, -0.25) is 0 Å². The van der Waals surface area contributed by atoms with E-state index in [-0.39, 0.29) is 16.9 Å². The van der Waals surface area contributed by atoms with Gasteiger partial charge < -0.3 is 5.32 Å². The summed E-state index contributed by atoms with van der Waals surface area (Å²) < 4.78 is 13.0. The molecule has 1 unspecified atom stereocenters. The van der Waals surface area contributed by atoms with Gasteiger partial charge in [0.15, 0.2) is 0 Å². The number of hydrogen-bond donors (Lipinski definition) is 1. The van der Waals surface area contributed by atoms with E-state index in [0.29, 0.717) is 0 Å². The zero-order valence-electron chi connectivity index (χ0n) is 10.2. The van der Waals surface area contributed by atoms with Crippen LogP contribution in [0.25, 0.3) is 0 Å². The van der Waals surface area contributed by atoms with Crippen molar-refractivity contribution in [3.63, 3.8) is 0 Å². The van der Waals surface area contributed by atoms with Gasteiger partial charge in [-0.15, -0.1) is 0 Å². The molecule has 1 atom stereocenters. The van der Waals surface area contributed by atoms with Crippen molar-refractivity contribution in [1.29, 1.82) is 0 Å². The molecule has 0 bridgehead atoms. The number of nitrogens with one attached hydrogen (secondary N) is 1. The Morgan fingerprint density at radius 2 is 2.12 bits per heavy atom. The van der Waals surface area contributed by atoms with Gasteiger partial charge in [0.05, 0.1) is 5.02 Å². The molecule has 1 nitrogen and oxygen atoms in total. The summed E-state index contributed by atoms with van der Waals surface area (Å²) in [6, 6.07) is 5.18. The maximum absolute atomic E-state index is 13.0. The molecule has 1 saturated carbocycles. The molecule has 1 N–H and O–H groups in total. The van der Waals surface area contributed by atoms with E-state index in [1.807, 2.05) is 0 Å². The first-order valence-electron chi connectivity index (χ1n) is 6.35. The van der Waals surface area contributed by atoms with Crippen molar-refractivity contribution in [1.82, 2.24) is 5.32 Å². The van der Waals surface area contributed by atoms with E-state index in [9.17, 15) is 4.39 Å². The lowest BCUT2D eigenvalue weighted by Crippen LogP contribution is -2.24. The number of hydrogen-bond acceptors (Lipinski definition) is 1. The predicted octanol–water partition coefficient (Wildman–Crippen LogP) is 4.32. The summed E-state index contributed by atoms with van der Waals surface area (Å²) in [5.74, 6) is 0.465. The molecule has 1 aromatic rings. The third-order valence-electron chi connectivity index (χ3n) is 3.63. The fraction of sp³-hybridized carbons (Fsp3) is 0.571. The largest absolute Gasteiger partial charge is 0.310 e. The van der Waals surface area contributed by atoms with Crippen LogP contribution in [-0.2, 0) is 0 Å². The third kappa shape index (κ3) is 3.43. The molecule has 1 aromatic carbocycles. The highest BCUT2D eigenvalue weighted by atomic mass is 35.5. The first-order chi connectivity index (χ1) is 8.16. The molecule has 17 heavy (non-hydrogen) atoms. The van der Waals surface area contributed by atoms with Crippen molar-refractivity contribution in [2.75, 3.05) is 6.54 Å². The SMILES string of the molecule is CC(NCC1CCCC1)c1ccc(F)c(Cl)c1. The number of rotatable bonds is 4.